The molecule has 4 heteroatoms. The van der Waals surface area contributed by atoms with Crippen molar-refractivity contribution < 1.29 is 0 Å². The van der Waals surface area contributed by atoms with Crippen molar-refractivity contribution in [2.45, 2.75) is 13.0 Å². The highest BCUT2D eigenvalue weighted by molar-refractivity contribution is 9.10. The Labute approximate surface area is 67.4 Å². The summed E-state index contributed by atoms with van der Waals surface area (Å²) < 4.78 is 2.66. The Morgan fingerprint density at radius 3 is 3.10 bits per heavy atom. The summed E-state index contributed by atoms with van der Waals surface area (Å²) in [5.41, 5.74) is 0. The molecule has 0 unspecified atom stereocenters. The number of nitrogens with zero attached hydrogens (tertiary/aromatic N) is 3. The highest BCUT2D eigenvalue weighted by Crippen LogP contribution is 2.05. The van der Waals surface area contributed by atoms with Gasteiger partial charge in [-0.2, -0.15) is 5.26 Å². The first-order chi connectivity index (χ1) is 4.84. The SMILES string of the molecule is N#CCCn1ccnc1Br. The molecule has 0 saturated heterocycles. The van der Waals surface area contributed by atoms with Gasteiger partial charge < -0.3 is 4.57 Å². The van der Waals surface area contributed by atoms with Gasteiger partial charge in [-0.1, -0.05) is 0 Å². The van der Waals surface area contributed by atoms with E-state index < -0.39 is 0 Å². The standard InChI is InChI=1S/C6H6BrN3/c7-6-9-3-5-10(6)4-1-2-8/h3,5H,1,4H2. The third kappa shape index (κ3) is 1.58. The maximum Gasteiger partial charge on any atom is 0.177 e. The second-order valence-electron chi connectivity index (χ2n) is 1.80. The van der Waals surface area contributed by atoms with Crippen LogP contribution in [0.25, 0.3) is 0 Å². The van der Waals surface area contributed by atoms with Crippen LogP contribution < -0.4 is 0 Å². The van der Waals surface area contributed by atoms with Crippen LogP contribution >= 0.6 is 15.9 Å². The van der Waals surface area contributed by atoms with Gasteiger partial charge in [0.15, 0.2) is 4.73 Å². The summed E-state index contributed by atoms with van der Waals surface area (Å²) in [6, 6.07) is 2.06. The highest BCUT2D eigenvalue weighted by atomic mass is 79.9. The largest absolute Gasteiger partial charge is 0.325 e. The molecule has 0 N–H and O–H groups in total. The predicted molar refractivity (Wildman–Crippen MR) is 40.2 cm³/mol. The molecular weight excluding hydrogens is 194 g/mol. The van der Waals surface area contributed by atoms with E-state index in [9.17, 15) is 0 Å². The first-order valence-electron chi connectivity index (χ1n) is 2.88. The van der Waals surface area contributed by atoms with Gasteiger partial charge in [-0.25, -0.2) is 4.98 Å². The molecule has 0 amide bonds. The Morgan fingerprint density at radius 1 is 1.80 bits per heavy atom. The molecule has 0 aliphatic carbocycles. The van der Waals surface area contributed by atoms with Gasteiger partial charge in [0.25, 0.3) is 0 Å². The molecule has 0 aliphatic rings. The van der Waals surface area contributed by atoms with Crippen LogP contribution in [0.1, 0.15) is 6.42 Å². The zero-order valence-corrected chi connectivity index (χ0v) is 6.87. The van der Waals surface area contributed by atoms with Gasteiger partial charge in [0.1, 0.15) is 0 Å². The summed E-state index contributed by atoms with van der Waals surface area (Å²) in [7, 11) is 0. The maximum absolute atomic E-state index is 8.26. The smallest absolute Gasteiger partial charge is 0.177 e. The first-order valence-corrected chi connectivity index (χ1v) is 3.67. The van der Waals surface area contributed by atoms with Gasteiger partial charge in [0, 0.05) is 18.9 Å². The van der Waals surface area contributed by atoms with Gasteiger partial charge >= 0.3 is 0 Å². The van der Waals surface area contributed by atoms with Crippen LogP contribution in [0.2, 0.25) is 0 Å². The van der Waals surface area contributed by atoms with E-state index in [4.69, 9.17) is 5.26 Å². The van der Waals surface area contributed by atoms with Crippen LogP contribution in [0.3, 0.4) is 0 Å². The van der Waals surface area contributed by atoms with E-state index in [1.165, 1.54) is 0 Å². The van der Waals surface area contributed by atoms with Crippen LogP contribution in [-0.4, -0.2) is 9.55 Å². The van der Waals surface area contributed by atoms with E-state index in [0.29, 0.717) is 13.0 Å². The lowest BCUT2D eigenvalue weighted by molar-refractivity contribution is 0.698. The summed E-state index contributed by atoms with van der Waals surface area (Å²) >= 11 is 3.24. The van der Waals surface area contributed by atoms with Crippen molar-refractivity contribution in [3.63, 3.8) is 0 Å². The molecule has 0 spiro atoms. The summed E-state index contributed by atoms with van der Waals surface area (Å²) in [5, 5.41) is 8.26. The van der Waals surface area contributed by atoms with E-state index >= 15 is 0 Å². The quantitative estimate of drug-likeness (QED) is 0.726. The second-order valence-corrected chi connectivity index (χ2v) is 2.51. The number of rotatable bonds is 2. The molecule has 0 saturated carbocycles. The van der Waals surface area contributed by atoms with Crippen molar-refractivity contribution in [3.05, 3.63) is 17.1 Å². The summed E-state index contributed by atoms with van der Waals surface area (Å²) in [4.78, 5) is 3.94. The van der Waals surface area contributed by atoms with Gasteiger partial charge in [0.05, 0.1) is 12.5 Å². The first kappa shape index (κ1) is 7.29. The van der Waals surface area contributed by atoms with E-state index in [-0.39, 0.29) is 0 Å². The molecule has 1 aromatic heterocycles. The van der Waals surface area contributed by atoms with Gasteiger partial charge in [-0.05, 0) is 15.9 Å². The summed E-state index contributed by atoms with van der Waals surface area (Å²) in [6.07, 6.45) is 4.05. The molecule has 0 bridgehead atoms. The zero-order valence-electron chi connectivity index (χ0n) is 5.29. The Hall–Kier alpha value is -0.820. The molecule has 1 aromatic rings. The van der Waals surface area contributed by atoms with Crippen molar-refractivity contribution in [3.8, 4) is 6.07 Å². The Kier molecular flexibility index (Phi) is 2.46. The maximum atomic E-state index is 8.26. The van der Waals surface area contributed by atoms with Crippen LogP contribution in [0.4, 0.5) is 0 Å². The molecule has 0 fully saturated rings. The number of aromatic nitrogens is 2. The van der Waals surface area contributed by atoms with E-state index in [0.717, 1.165) is 4.73 Å². The zero-order chi connectivity index (χ0) is 7.40. The fourth-order valence-corrected chi connectivity index (χ4v) is 1.06. The molecule has 52 valence electrons. The molecule has 0 aromatic carbocycles. The van der Waals surface area contributed by atoms with Crippen molar-refractivity contribution in [1.29, 1.82) is 5.26 Å². The van der Waals surface area contributed by atoms with Crippen molar-refractivity contribution >= 4 is 15.9 Å². The molecular formula is C6H6BrN3. The average Bonchev–Trinajstić information content (AvgIpc) is 2.31. The summed E-state index contributed by atoms with van der Waals surface area (Å²) in [5.74, 6) is 0. The average molecular weight is 200 g/mol. The second kappa shape index (κ2) is 3.37. The monoisotopic (exact) mass is 199 g/mol. The number of hydrogen-bond acceptors (Lipinski definition) is 2. The predicted octanol–water partition coefficient (Wildman–Crippen LogP) is 1.56. The minimum Gasteiger partial charge on any atom is -0.325 e. The van der Waals surface area contributed by atoms with Crippen molar-refractivity contribution in [1.82, 2.24) is 9.55 Å². The van der Waals surface area contributed by atoms with E-state index in [1.54, 1.807) is 6.20 Å². The normalized spacial score (nSPS) is 9.20. The van der Waals surface area contributed by atoms with E-state index in [2.05, 4.69) is 27.0 Å². The van der Waals surface area contributed by atoms with Crippen LogP contribution in [0.5, 0.6) is 0 Å². The van der Waals surface area contributed by atoms with Gasteiger partial charge in [-0.3, -0.25) is 0 Å². The molecule has 10 heavy (non-hydrogen) atoms. The number of aryl methyl sites for hydroxylation is 1. The molecule has 0 aliphatic heterocycles. The Balaban J connectivity index is 2.59. The third-order valence-electron chi connectivity index (χ3n) is 1.13. The minimum absolute atomic E-state index is 0.523. The number of nitriles is 1. The van der Waals surface area contributed by atoms with Crippen LogP contribution in [-0.2, 0) is 6.54 Å². The lowest BCUT2D eigenvalue weighted by Crippen LogP contribution is -1.94. The Morgan fingerprint density at radius 2 is 2.60 bits per heavy atom. The fourth-order valence-electron chi connectivity index (χ4n) is 0.648. The lowest BCUT2D eigenvalue weighted by atomic mass is 10.5. The lowest BCUT2D eigenvalue weighted by Gasteiger charge is -1.96. The van der Waals surface area contributed by atoms with Gasteiger partial charge in [-0.15, -0.1) is 0 Å². The van der Waals surface area contributed by atoms with Crippen molar-refractivity contribution in [2.75, 3.05) is 0 Å². The van der Waals surface area contributed by atoms with Crippen LogP contribution in [0, 0.1) is 11.3 Å². The third-order valence-corrected chi connectivity index (χ3v) is 1.79. The molecule has 1 rings (SSSR count). The van der Waals surface area contributed by atoms with E-state index in [1.807, 2.05) is 10.8 Å². The van der Waals surface area contributed by atoms with Crippen molar-refractivity contribution in [2.24, 2.45) is 0 Å². The van der Waals surface area contributed by atoms with Crippen LogP contribution in [0.15, 0.2) is 17.1 Å². The molecule has 0 radical (unpaired) electrons. The van der Waals surface area contributed by atoms with Gasteiger partial charge in [0.2, 0.25) is 0 Å². The highest BCUT2D eigenvalue weighted by Gasteiger charge is 1.95. The minimum atomic E-state index is 0.523. The number of halogens is 1. The molecule has 3 nitrogen and oxygen atoms in total. The fraction of sp³-hybridized carbons (Fsp3) is 0.333. The summed E-state index contributed by atoms with van der Waals surface area (Å²) in [6.45, 7) is 0.705. The number of hydrogen-bond donors (Lipinski definition) is 0. The molecule has 1 heterocycles. The topological polar surface area (TPSA) is 41.6 Å². The molecule has 0 atom stereocenters. The number of imidazole rings is 1. The Bertz CT molecular complexity index is 248.